The van der Waals surface area contributed by atoms with E-state index in [1.807, 2.05) is 0 Å². The monoisotopic (exact) mass is 248 g/mol. The van der Waals surface area contributed by atoms with E-state index in [4.69, 9.17) is 14.8 Å². The molecule has 0 amide bonds. The Labute approximate surface area is 96.6 Å². The molecule has 0 radical (unpaired) electrons. The molecule has 7 heteroatoms. The van der Waals surface area contributed by atoms with E-state index in [-0.39, 0.29) is 17.0 Å². The molecule has 0 unspecified atom stereocenters. The first kappa shape index (κ1) is 13.3. The molecule has 0 bridgehead atoms. The SMILES string of the molecule is CCOc1c(B(O)O)cc(SC)c(F)c1F. The molecular weight excluding hydrogens is 237 g/mol. The highest BCUT2D eigenvalue weighted by Gasteiger charge is 2.25. The molecular formula is C9H11BF2O3S. The summed E-state index contributed by atoms with van der Waals surface area (Å²) in [5.41, 5.74) is -0.176. The van der Waals surface area contributed by atoms with Gasteiger partial charge < -0.3 is 14.8 Å². The number of ether oxygens (including phenoxy) is 1. The first-order chi connectivity index (χ1) is 7.52. The Morgan fingerprint density at radius 3 is 2.44 bits per heavy atom. The zero-order valence-electron chi connectivity index (χ0n) is 8.83. The van der Waals surface area contributed by atoms with E-state index in [0.29, 0.717) is 0 Å². The van der Waals surface area contributed by atoms with Crippen LogP contribution in [0.1, 0.15) is 6.92 Å². The lowest BCUT2D eigenvalue weighted by Crippen LogP contribution is -2.33. The van der Waals surface area contributed by atoms with E-state index in [1.165, 1.54) is 6.07 Å². The molecule has 0 spiro atoms. The van der Waals surface area contributed by atoms with E-state index in [0.717, 1.165) is 11.8 Å². The highest BCUT2D eigenvalue weighted by Crippen LogP contribution is 2.26. The third-order valence-electron chi connectivity index (χ3n) is 1.94. The second-order valence-electron chi connectivity index (χ2n) is 2.93. The van der Waals surface area contributed by atoms with Crippen LogP contribution in [0.4, 0.5) is 8.78 Å². The van der Waals surface area contributed by atoms with E-state index in [2.05, 4.69) is 0 Å². The maximum Gasteiger partial charge on any atom is 0.492 e. The fourth-order valence-electron chi connectivity index (χ4n) is 1.24. The zero-order chi connectivity index (χ0) is 12.3. The smallest absolute Gasteiger partial charge is 0.491 e. The Bertz CT molecular complexity index is 388. The van der Waals surface area contributed by atoms with Gasteiger partial charge in [-0.3, -0.25) is 0 Å². The second kappa shape index (κ2) is 5.52. The van der Waals surface area contributed by atoms with Crippen LogP contribution in [0.25, 0.3) is 0 Å². The van der Waals surface area contributed by atoms with Crippen LogP contribution in [-0.4, -0.2) is 30.0 Å². The van der Waals surface area contributed by atoms with E-state index >= 15 is 0 Å². The van der Waals surface area contributed by atoms with Crippen LogP contribution in [0.15, 0.2) is 11.0 Å². The Morgan fingerprint density at radius 2 is 2.00 bits per heavy atom. The molecule has 0 aromatic heterocycles. The number of hydrogen-bond donors (Lipinski definition) is 2. The van der Waals surface area contributed by atoms with E-state index < -0.39 is 24.5 Å². The minimum atomic E-state index is -1.90. The predicted octanol–water partition coefficient (Wildman–Crippen LogP) is 0.765. The summed E-state index contributed by atoms with van der Waals surface area (Å²) in [6.45, 7) is 1.70. The molecule has 0 aliphatic heterocycles. The van der Waals surface area contributed by atoms with Crippen LogP contribution in [-0.2, 0) is 0 Å². The summed E-state index contributed by atoms with van der Waals surface area (Å²) in [5.74, 6) is -2.69. The van der Waals surface area contributed by atoms with Gasteiger partial charge in [-0.15, -0.1) is 11.8 Å². The van der Waals surface area contributed by atoms with E-state index in [1.54, 1.807) is 13.2 Å². The highest BCUT2D eigenvalue weighted by molar-refractivity contribution is 7.98. The predicted molar refractivity (Wildman–Crippen MR) is 59.1 cm³/mol. The summed E-state index contributed by atoms with van der Waals surface area (Å²) < 4.78 is 31.8. The quantitative estimate of drug-likeness (QED) is 0.610. The number of benzene rings is 1. The Kier molecular flexibility index (Phi) is 4.58. The molecule has 1 aromatic carbocycles. The van der Waals surface area contributed by atoms with Gasteiger partial charge >= 0.3 is 7.12 Å². The number of hydrogen-bond acceptors (Lipinski definition) is 4. The lowest BCUT2D eigenvalue weighted by molar-refractivity contribution is 0.312. The van der Waals surface area contributed by atoms with Crippen LogP contribution in [0, 0.1) is 11.6 Å². The van der Waals surface area contributed by atoms with Crippen LogP contribution < -0.4 is 10.2 Å². The van der Waals surface area contributed by atoms with Crippen molar-refractivity contribution < 1.29 is 23.6 Å². The van der Waals surface area contributed by atoms with Gasteiger partial charge in [-0.05, 0) is 19.2 Å². The molecule has 0 atom stereocenters. The lowest BCUT2D eigenvalue weighted by Gasteiger charge is -2.13. The number of thioether (sulfide) groups is 1. The molecule has 88 valence electrons. The van der Waals surface area contributed by atoms with E-state index in [9.17, 15) is 8.78 Å². The van der Waals surface area contributed by atoms with Gasteiger partial charge in [0.2, 0.25) is 5.82 Å². The maximum atomic E-state index is 13.5. The lowest BCUT2D eigenvalue weighted by atomic mass is 9.79. The van der Waals surface area contributed by atoms with Crippen molar-refractivity contribution in [1.29, 1.82) is 0 Å². The molecule has 2 N–H and O–H groups in total. The first-order valence-corrected chi connectivity index (χ1v) is 5.80. The van der Waals surface area contributed by atoms with Crippen LogP contribution >= 0.6 is 11.8 Å². The first-order valence-electron chi connectivity index (χ1n) is 4.57. The highest BCUT2D eigenvalue weighted by atomic mass is 32.2. The molecule has 0 aliphatic rings. The van der Waals surface area contributed by atoms with Gasteiger partial charge in [0.05, 0.1) is 6.61 Å². The summed E-state index contributed by atoms with van der Waals surface area (Å²) >= 11 is 0.975. The van der Waals surface area contributed by atoms with Crippen molar-refractivity contribution in [2.75, 3.05) is 12.9 Å². The minimum Gasteiger partial charge on any atom is -0.491 e. The zero-order valence-corrected chi connectivity index (χ0v) is 9.65. The summed E-state index contributed by atoms with van der Waals surface area (Å²) in [6.07, 6.45) is 1.56. The molecule has 1 aromatic rings. The summed E-state index contributed by atoms with van der Waals surface area (Å²) in [6, 6.07) is 1.17. The topological polar surface area (TPSA) is 49.7 Å². The summed E-state index contributed by atoms with van der Waals surface area (Å²) in [7, 11) is -1.90. The molecule has 0 fully saturated rings. The van der Waals surface area contributed by atoms with Gasteiger partial charge in [0.25, 0.3) is 0 Å². The minimum absolute atomic E-state index is 0.00375. The van der Waals surface area contributed by atoms with Crippen molar-refractivity contribution in [3.8, 4) is 5.75 Å². The van der Waals surface area contributed by atoms with Crippen molar-refractivity contribution in [1.82, 2.24) is 0 Å². The maximum absolute atomic E-state index is 13.5. The molecule has 1 rings (SSSR count). The second-order valence-corrected chi connectivity index (χ2v) is 3.78. The summed E-state index contributed by atoms with van der Waals surface area (Å²) in [5, 5.41) is 18.1. The largest absolute Gasteiger partial charge is 0.492 e. The van der Waals surface area contributed by atoms with Gasteiger partial charge in [-0.25, -0.2) is 4.39 Å². The Morgan fingerprint density at radius 1 is 1.38 bits per heavy atom. The Balaban J connectivity index is 3.39. The van der Waals surface area contributed by atoms with Crippen LogP contribution in [0.2, 0.25) is 0 Å². The van der Waals surface area contributed by atoms with Crippen LogP contribution in [0.3, 0.4) is 0 Å². The molecule has 0 heterocycles. The van der Waals surface area contributed by atoms with Gasteiger partial charge in [0, 0.05) is 10.4 Å². The summed E-state index contributed by atoms with van der Waals surface area (Å²) in [4.78, 5) is 0.00375. The van der Waals surface area contributed by atoms with Crippen molar-refractivity contribution in [3.05, 3.63) is 17.7 Å². The average molecular weight is 248 g/mol. The molecule has 16 heavy (non-hydrogen) atoms. The third kappa shape index (κ3) is 2.48. The van der Waals surface area contributed by atoms with Crippen molar-refractivity contribution in [3.63, 3.8) is 0 Å². The molecule has 0 saturated carbocycles. The number of rotatable bonds is 4. The van der Waals surface area contributed by atoms with Crippen molar-refractivity contribution in [2.24, 2.45) is 0 Å². The Hall–Kier alpha value is -0.785. The molecule has 0 aliphatic carbocycles. The van der Waals surface area contributed by atoms with Gasteiger partial charge in [-0.2, -0.15) is 4.39 Å². The van der Waals surface area contributed by atoms with Gasteiger partial charge in [-0.1, -0.05) is 0 Å². The standard InChI is InChI=1S/C9H11BF2O3S/c1-3-15-9-5(10(13)14)4-6(16-2)7(11)8(9)12/h4,13-14H,3H2,1-2H3. The molecule has 3 nitrogen and oxygen atoms in total. The van der Waals surface area contributed by atoms with Crippen molar-refractivity contribution in [2.45, 2.75) is 11.8 Å². The van der Waals surface area contributed by atoms with Gasteiger partial charge in [0.1, 0.15) is 0 Å². The third-order valence-corrected chi connectivity index (χ3v) is 2.68. The van der Waals surface area contributed by atoms with Gasteiger partial charge in [0.15, 0.2) is 11.6 Å². The van der Waals surface area contributed by atoms with Crippen LogP contribution in [0.5, 0.6) is 5.75 Å². The van der Waals surface area contributed by atoms with Crippen molar-refractivity contribution >= 4 is 24.3 Å². The fraction of sp³-hybridized carbons (Fsp3) is 0.333. The molecule has 0 saturated heterocycles. The number of halogens is 2. The fourth-order valence-corrected chi connectivity index (χ4v) is 1.75. The normalized spacial score (nSPS) is 10.4. The average Bonchev–Trinajstić information content (AvgIpc) is 2.25.